The molecule has 24 heavy (non-hydrogen) atoms. The Morgan fingerprint density at radius 3 is 2.33 bits per heavy atom. The molecule has 0 atom stereocenters. The van der Waals surface area contributed by atoms with Crippen LogP contribution in [0.1, 0.15) is 43.4 Å². The van der Waals surface area contributed by atoms with E-state index < -0.39 is 9.84 Å². The summed E-state index contributed by atoms with van der Waals surface area (Å²) in [5.41, 5.74) is 2.90. The number of pyridine rings is 1. The molecule has 0 aliphatic heterocycles. The highest BCUT2D eigenvalue weighted by atomic mass is 79.9. The number of nitrogens with zero attached hydrogens (tertiary/aromatic N) is 1. The maximum absolute atomic E-state index is 12.7. The van der Waals surface area contributed by atoms with Gasteiger partial charge >= 0.3 is 5.03 Å². The molecule has 0 amide bonds. The van der Waals surface area contributed by atoms with Crippen LogP contribution in [0.15, 0.2) is 46.0 Å². The second kappa shape index (κ2) is 8.12. The molecule has 0 spiro atoms. The van der Waals surface area contributed by atoms with Crippen molar-refractivity contribution in [3.63, 3.8) is 0 Å². The van der Waals surface area contributed by atoms with Gasteiger partial charge in [-0.3, -0.25) is 0 Å². The van der Waals surface area contributed by atoms with Crippen molar-refractivity contribution in [2.45, 2.75) is 50.3 Å². The first kappa shape index (κ1) is 18.9. The Kier molecular flexibility index (Phi) is 6.40. The summed E-state index contributed by atoms with van der Waals surface area (Å²) in [7, 11) is -3.69. The summed E-state index contributed by atoms with van der Waals surface area (Å²) in [6.07, 6.45) is 4.82. The minimum atomic E-state index is -3.69. The quantitative estimate of drug-likeness (QED) is 0.511. The topological polar surface area (TPSA) is 61.1 Å². The average Bonchev–Trinajstić information content (AvgIpc) is 2.52. The summed E-state index contributed by atoms with van der Waals surface area (Å²) in [5, 5.41) is 11.6. The highest BCUT2D eigenvalue weighted by Crippen LogP contribution is 2.27. The number of hydrogen-bond donors (Lipinski definition) is 0. The van der Waals surface area contributed by atoms with Crippen LogP contribution in [0.3, 0.4) is 0 Å². The van der Waals surface area contributed by atoms with Gasteiger partial charge in [0.1, 0.15) is 0 Å². The molecule has 1 aromatic heterocycles. The minimum Gasteiger partial charge on any atom is -0.618 e. The van der Waals surface area contributed by atoms with E-state index in [0.29, 0.717) is 4.73 Å². The summed E-state index contributed by atoms with van der Waals surface area (Å²) >= 11 is 3.58. The van der Waals surface area contributed by atoms with Gasteiger partial charge in [-0.25, -0.2) is 8.42 Å². The molecule has 0 saturated heterocycles. The number of sulfone groups is 1. The highest BCUT2D eigenvalue weighted by molar-refractivity contribution is 9.10. The lowest BCUT2D eigenvalue weighted by Crippen LogP contribution is -2.33. The minimum absolute atomic E-state index is 0.154. The number of benzene rings is 1. The van der Waals surface area contributed by atoms with Crippen molar-refractivity contribution in [2.75, 3.05) is 0 Å². The normalized spacial score (nSPS) is 11.6. The predicted octanol–water partition coefficient (Wildman–Crippen LogP) is 3.96. The number of halogens is 1. The maximum atomic E-state index is 12.7. The van der Waals surface area contributed by atoms with Gasteiger partial charge in [-0.1, -0.05) is 48.7 Å². The van der Waals surface area contributed by atoms with E-state index in [9.17, 15) is 13.6 Å². The Morgan fingerprint density at radius 1 is 1.04 bits per heavy atom. The molecule has 0 aliphatic rings. The molecule has 2 rings (SSSR count). The highest BCUT2D eigenvalue weighted by Gasteiger charge is 2.25. The van der Waals surface area contributed by atoms with Gasteiger partial charge in [0, 0.05) is 16.6 Å². The lowest BCUT2D eigenvalue weighted by Gasteiger charge is -2.14. The standard InChI is InChI=1S/C18H22BrNO3S/c1-3-7-14-12-17(19)15(8-4-2)11-16(14)13-24(22,23)18-9-5-6-10-20(18)21/h5-6,9-12H,3-4,7-8,13H2,1-2H3. The summed E-state index contributed by atoms with van der Waals surface area (Å²) in [6, 6.07) is 8.43. The van der Waals surface area contributed by atoms with Crippen molar-refractivity contribution in [2.24, 2.45) is 0 Å². The van der Waals surface area contributed by atoms with E-state index in [1.165, 1.54) is 18.3 Å². The Labute approximate surface area is 152 Å². The van der Waals surface area contributed by atoms with Crippen molar-refractivity contribution >= 4 is 25.8 Å². The summed E-state index contributed by atoms with van der Waals surface area (Å²) in [6.45, 7) is 4.15. The van der Waals surface area contributed by atoms with E-state index in [4.69, 9.17) is 0 Å². The lowest BCUT2D eigenvalue weighted by atomic mass is 9.99. The van der Waals surface area contributed by atoms with Gasteiger partial charge < -0.3 is 5.21 Å². The van der Waals surface area contributed by atoms with Crippen LogP contribution in [0.5, 0.6) is 0 Å². The van der Waals surface area contributed by atoms with Crippen molar-refractivity contribution < 1.29 is 13.1 Å². The third-order valence-corrected chi connectivity index (χ3v) is 6.24. The van der Waals surface area contributed by atoms with Crippen LogP contribution < -0.4 is 4.73 Å². The fraction of sp³-hybridized carbons (Fsp3) is 0.389. The summed E-state index contributed by atoms with van der Waals surface area (Å²) in [4.78, 5) is 0. The van der Waals surface area contributed by atoms with Crippen LogP contribution in [0, 0.1) is 5.21 Å². The lowest BCUT2D eigenvalue weighted by molar-refractivity contribution is -0.646. The molecule has 2 aromatic rings. The summed E-state index contributed by atoms with van der Waals surface area (Å²) in [5.74, 6) is -0.154. The van der Waals surface area contributed by atoms with Crippen LogP contribution in [0.25, 0.3) is 0 Å². The third-order valence-electron chi connectivity index (χ3n) is 3.86. The fourth-order valence-electron chi connectivity index (χ4n) is 2.74. The van der Waals surface area contributed by atoms with Gasteiger partial charge in [0.05, 0.1) is 5.75 Å². The molecular formula is C18H22BrNO3S. The van der Waals surface area contributed by atoms with Crippen LogP contribution in [0.2, 0.25) is 0 Å². The fourth-order valence-corrected chi connectivity index (χ4v) is 4.78. The SMILES string of the molecule is CCCc1cc(CS(=O)(=O)c2cccc[n+]2[O-])c(CCC)cc1Br. The number of hydrogen-bond acceptors (Lipinski definition) is 3. The largest absolute Gasteiger partial charge is 0.618 e. The van der Waals surface area contributed by atoms with Crippen molar-refractivity contribution in [1.29, 1.82) is 0 Å². The third kappa shape index (κ3) is 4.36. The zero-order valence-electron chi connectivity index (χ0n) is 14.0. The van der Waals surface area contributed by atoms with Gasteiger partial charge in [-0.15, -0.1) is 0 Å². The molecule has 0 N–H and O–H groups in total. The van der Waals surface area contributed by atoms with Gasteiger partial charge in [0.25, 0.3) is 0 Å². The van der Waals surface area contributed by atoms with Crippen LogP contribution >= 0.6 is 15.9 Å². The number of rotatable bonds is 7. The smallest absolute Gasteiger partial charge is 0.308 e. The molecule has 130 valence electrons. The molecule has 0 aliphatic carbocycles. The molecular weight excluding hydrogens is 390 g/mol. The number of aromatic nitrogens is 1. The molecule has 6 heteroatoms. The van der Waals surface area contributed by atoms with Crippen LogP contribution in [-0.4, -0.2) is 8.42 Å². The van der Waals surface area contributed by atoms with Crippen LogP contribution in [0.4, 0.5) is 0 Å². The molecule has 1 aromatic carbocycles. The van der Waals surface area contributed by atoms with E-state index in [1.54, 1.807) is 6.07 Å². The Morgan fingerprint density at radius 2 is 1.71 bits per heavy atom. The van der Waals surface area contributed by atoms with E-state index in [1.807, 2.05) is 12.1 Å². The van der Waals surface area contributed by atoms with Gasteiger partial charge in [0.15, 0.2) is 6.20 Å². The second-order valence-electron chi connectivity index (χ2n) is 5.84. The zero-order chi connectivity index (χ0) is 17.7. The molecule has 0 bridgehead atoms. The molecule has 0 fully saturated rings. The molecule has 4 nitrogen and oxygen atoms in total. The van der Waals surface area contributed by atoms with Crippen molar-refractivity contribution in [3.8, 4) is 0 Å². The molecule has 0 saturated carbocycles. The van der Waals surface area contributed by atoms with Crippen LogP contribution in [-0.2, 0) is 28.4 Å². The first-order valence-electron chi connectivity index (χ1n) is 8.10. The van der Waals surface area contributed by atoms with Gasteiger partial charge in [0.2, 0.25) is 9.84 Å². The predicted molar refractivity (Wildman–Crippen MR) is 98.4 cm³/mol. The Hall–Kier alpha value is -1.40. The number of aryl methyl sites for hydroxylation is 2. The van der Waals surface area contributed by atoms with E-state index in [0.717, 1.165) is 46.8 Å². The van der Waals surface area contributed by atoms with E-state index in [2.05, 4.69) is 29.8 Å². The van der Waals surface area contributed by atoms with E-state index >= 15 is 0 Å². The van der Waals surface area contributed by atoms with Gasteiger partial charge in [-0.05, 0) is 41.7 Å². The van der Waals surface area contributed by atoms with Gasteiger partial charge in [-0.2, -0.15) is 4.73 Å². The average molecular weight is 412 g/mol. The first-order chi connectivity index (χ1) is 11.4. The monoisotopic (exact) mass is 411 g/mol. The summed E-state index contributed by atoms with van der Waals surface area (Å²) < 4.78 is 26.8. The second-order valence-corrected chi connectivity index (χ2v) is 8.63. The van der Waals surface area contributed by atoms with E-state index in [-0.39, 0.29) is 10.8 Å². The molecule has 0 radical (unpaired) electrons. The molecule has 0 unspecified atom stereocenters. The van der Waals surface area contributed by atoms with Crippen molar-refractivity contribution in [1.82, 2.24) is 0 Å². The van der Waals surface area contributed by atoms with Crippen molar-refractivity contribution in [3.05, 3.63) is 62.9 Å². The molecule has 1 heterocycles. The maximum Gasteiger partial charge on any atom is 0.308 e. The first-order valence-corrected chi connectivity index (χ1v) is 10.5. The Bertz CT molecular complexity index is 819. The zero-order valence-corrected chi connectivity index (χ0v) is 16.4. The Balaban J connectivity index is 2.47.